The van der Waals surface area contributed by atoms with Crippen LogP contribution in [0.4, 0.5) is 0 Å². The van der Waals surface area contributed by atoms with Gasteiger partial charge in [-0.2, -0.15) is 36.4 Å². The second kappa shape index (κ2) is 10.3. The van der Waals surface area contributed by atoms with E-state index in [2.05, 4.69) is 6.07 Å². The molecule has 0 heterocycles. The van der Waals surface area contributed by atoms with Gasteiger partial charge < -0.3 is 5.11 Å². The standard InChI is InChI=1S/C6H5.C3H8O.Y/c1-2-4-6-5-3-1;1-3(2)4;/h1-5H;3-4H,1-2H3;/q-1;;. The Hall–Kier alpha value is 0.284. The van der Waals surface area contributed by atoms with Gasteiger partial charge in [-0.3, -0.25) is 0 Å². The topological polar surface area (TPSA) is 20.2 Å². The Morgan fingerprint density at radius 2 is 1.45 bits per heavy atom. The van der Waals surface area contributed by atoms with Crippen LogP contribution in [0.5, 0.6) is 0 Å². The van der Waals surface area contributed by atoms with Gasteiger partial charge in [0.05, 0.1) is 0 Å². The minimum absolute atomic E-state index is 0. The molecule has 0 amide bonds. The Bertz CT molecular complexity index is 110. The van der Waals surface area contributed by atoms with Crippen LogP contribution in [-0.4, -0.2) is 11.2 Å². The number of rotatable bonds is 0. The van der Waals surface area contributed by atoms with Gasteiger partial charge in [0, 0.05) is 38.8 Å². The number of hydrogen-bond acceptors (Lipinski definition) is 1. The molecular formula is C9H13OY-. The molecule has 59 valence electrons. The molecule has 1 rings (SSSR count). The van der Waals surface area contributed by atoms with Crippen molar-refractivity contribution in [1.29, 1.82) is 0 Å². The second-order valence-corrected chi connectivity index (χ2v) is 2.17. The minimum atomic E-state index is -0.167. The molecule has 0 aliphatic heterocycles. The van der Waals surface area contributed by atoms with Crippen molar-refractivity contribution in [2.75, 3.05) is 0 Å². The third kappa shape index (κ3) is 17.9. The van der Waals surface area contributed by atoms with Crippen molar-refractivity contribution in [1.82, 2.24) is 0 Å². The zero-order valence-electron chi connectivity index (χ0n) is 6.99. The van der Waals surface area contributed by atoms with E-state index in [-0.39, 0.29) is 38.8 Å². The van der Waals surface area contributed by atoms with Crippen molar-refractivity contribution < 1.29 is 37.8 Å². The summed E-state index contributed by atoms with van der Waals surface area (Å²) in [5, 5.41) is 8.06. The molecule has 0 fully saturated rings. The van der Waals surface area contributed by atoms with E-state index in [1.165, 1.54) is 0 Å². The maximum Gasteiger partial charge on any atom is 0.0483 e. The molecule has 1 nitrogen and oxygen atoms in total. The maximum absolute atomic E-state index is 8.06. The van der Waals surface area contributed by atoms with E-state index in [1.54, 1.807) is 13.8 Å². The van der Waals surface area contributed by atoms with Crippen LogP contribution in [0.15, 0.2) is 30.3 Å². The predicted molar refractivity (Wildman–Crippen MR) is 42.6 cm³/mol. The molecule has 1 radical (unpaired) electrons. The number of hydrogen-bond donors (Lipinski definition) is 1. The van der Waals surface area contributed by atoms with Gasteiger partial charge in [-0.25, -0.2) is 0 Å². The Morgan fingerprint density at radius 1 is 1.09 bits per heavy atom. The molecule has 0 bridgehead atoms. The summed E-state index contributed by atoms with van der Waals surface area (Å²) in [5.74, 6) is 0. The monoisotopic (exact) mass is 226 g/mol. The van der Waals surface area contributed by atoms with Crippen LogP contribution in [0.25, 0.3) is 0 Å². The summed E-state index contributed by atoms with van der Waals surface area (Å²) in [4.78, 5) is 0. The van der Waals surface area contributed by atoms with Crippen LogP contribution in [-0.2, 0) is 32.7 Å². The largest absolute Gasteiger partial charge is 0.394 e. The smallest absolute Gasteiger partial charge is 0.0483 e. The normalized spacial score (nSPS) is 7.64. The molecule has 0 aromatic heterocycles. The van der Waals surface area contributed by atoms with E-state index in [9.17, 15) is 0 Å². The van der Waals surface area contributed by atoms with Crippen LogP contribution >= 0.6 is 0 Å². The zero-order valence-corrected chi connectivity index (χ0v) is 9.83. The van der Waals surface area contributed by atoms with Gasteiger partial charge in [0.1, 0.15) is 0 Å². The Morgan fingerprint density at radius 3 is 1.55 bits per heavy atom. The summed E-state index contributed by atoms with van der Waals surface area (Å²) in [6.45, 7) is 3.44. The average Bonchev–Trinajstić information content (AvgIpc) is 1.90. The third-order valence-corrected chi connectivity index (χ3v) is 0.607. The fraction of sp³-hybridized carbons (Fsp3) is 0.333. The third-order valence-electron chi connectivity index (χ3n) is 0.607. The van der Waals surface area contributed by atoms with Crippen LogP contribution in [0, 0.1) is 6.07 Å². The van der Waals surface area contributed by atoms with Crippen LogP contribution in [0.2, 0.25) is 0 Å². The van der Waals surface area contributed by atoms with Gasteiger partial charge in [0.2, 0.25) is 0 Å². The molecule has 0 saturated heterocycles. The Labute approximate surface area is 93.7 Å². The molecule has 0 unspecified atom stereocenters. The molecule has 0 saturated carbocycles. The summed E-state index contributed by atoms with van der Waals surface area (Å²) < 4.78 is 0. The molecule has 0 aliphatic carbocycles. The van der Waals surface area contributed by atoms with Crippen LogP contribution < -0.4 is 0 Å². The van der Waals surface area contributed by atoms with E-state index in [4.69, 9.17) is 5.11 Å². The first-order valence-corrected chi connectivity index (χ1v) is 3.32. The molecule has 1 N–H and O–H groups in total. The summed E-state index contributed by atoms with van der Waals surface area (Å²) in [6.07, 6.45) is -0.167. The van der Waals surface area contributed by atoms with Gasteiger partial charge in [-0.15, -0.1) is 0 Å². The molecular weight excluding hydrogens is 213 g/mol. The number of aliphatic hydroxyl groups is 1. The van der Waals surface area contributed by atoms with Crippen molar-refractivity contribution in [3.63, 3.8) is 0 Å². The Kier molecular flexibility index (Phi) is 12.9. The number of aliphatic hydroxyl groups excluding tert-OH is 1. The fourth-order valence-electron chi connectivity index (χ4n) is 0.342. The van der Waals surface area contributed by atoms with E-state index in [0.717, 1.165) is 0 Å². The first-order valence-electron chi connectivity index (χ1n) is 3.32. The molecule has 0 spiro atoms. The van der Waals surface area contributed by atoms with E-state index in [1.807, 2.05) is 30.3 Å². The van der Waals surface area contributed by atoms with Crippen molar-refractivity contribution in [3.05, 3.63) is 36.4 Å². The molecule has 0 atom stereocenters. The minimum Gasteiger partial charge on any atom is -0.394 e. The summed E-state index contributed by atoms with van der Waals surface area (Å²) in [7, 11) is 0. The van der Waals surface area contributed by atoms with Crippen molar-refractivity contribution in [3.8, 4) is 0 Å². The van der Waals surface area contributed by atoms with Gasteiger partial charge in [-0.05, 0) is 13.8 Å². The number of benzene rings is 1. The zero-order chi connectivity index (χ0) is 7.82. The summed E-state index contributed by atoms with van der Waals surface area (Å²) in [5.41, 5.74) is 0. The first kappa shape index (κ1) is 13.8. The van der Waals surface area contributed by atoms with Crippen LogP contribution in [0.1, 0.15) is 13.8 Å². The summed E-state index contributed by atoms with van der Waals surface area (Å²) >= 11 is 0. The SMILES string of the molecule is CC(C)O.[Y].[c-]1ccccc1. The molecule has 1 aromatic rings. The van der Waals surface area contributed by atoms with Crippen molar-refractivity contribution in [2.45, 2.75) is 20.0 Å². The van der Waals surface area contributed by atoms with Gasteiger partial charge in [0.15, 0.2) is 0 Å². The van der Waals surface area contributed by atoms with Gasteiger partial charge >= 0.3 is 0 Å². The van der Waals surface area contributed by atoms with Gasteiger partial charge in [-0.1, -0.05) is 0 Å². The quantitative estimate of drug-likeness (QED) is 0.669. The molecule has 11 heavy (non-hydrogen) atoms. The van der Waals surface area contributed by atoms with Crippen molar-refractivity contribution >= 4 is 0 Å². The fourth-order valence-corrected chi connectivity index (χ4v) is 0.342. The summed E-state index contributed by atoms with van der Waals surface area (Å²) in [6, 6.07) is 12.5. The van der Waals surface area contributed by atoms with Gasteiger partial charge in [0.25, 0.3) is 0 Å². The van der Waals surface area contributed by atoms with Crippen molar-refractivity contribution in [2.24, 2.45) is 0 Å². The molecule has 0 aliphatic rings. The Balaban J connectivity index is 0. The van der Waals surface area contributed by atoms with E-state index >= 15 is 0 Å². The molecule has 1 aromatic carbocycles. The first-order chi connectivity index (χ1) is 4.73. The van der Waals surface area contributed by atoms with E-state index < -0.39 is 0 Å². The maximum atomic E-state index is 8.06. The van der Waals surface area contributed by atoms with E-state index in [0.29, 0.717) is 0 Å². The molecule has 2 heteroatoms. The average molecular weight is 226 g/mol. The second-order valence-electron chi connectivity index (χ2n) is 2.17. The van der Waals surface area contributed by atoms with Crippen LogP contribution in [0.3, 0.4) is 0 Å². The predicted octanol–water partition coefficient (Wildman–Crippen LogP) is 1.87.